The zero-order valence-corrected chi connectivity index (χ0v) is 8.97. The lowest BCUT2D eigenvalue weighted by Crippen LogP contribution is -2.15. The summed E-state index contributed by atoms with van der Waals surface area (Å²) in [5.41, 5.74) is 4.51. The highest BCUT2D eigenvalue weighted by Crippen LogP contribution is 2.32. The van der Waals surface area contributed by atoms with Crippen LogP contribution in [0.15, 0.2) is 18.2 Å². The first kappa shape index (κ1) is 13.9. The van der Waals surface area contributed by atoms with Crippen molar-refractivity contribution in [1.82, 2.24) is 0 Å². The molecule has 96 valence electrons. The molecular weight excluding hydrogens is 238 g/mol. The van der Waals surface area contributed by atoms with Crippen LogP contribution >= 0.6 is 0 Å². The van der Waals surface area contributed by atoms with Crippen molar-refractivity contribution in [2.24, 2.45) is 5.73 Å². The molecule has 17 heavy (non-hydrogen) atoms. The topological polar surface area (TPSA) is 46.2 Å². The van der Waals surface area contributed by atoms with Gasteiger partial charge >= 0.3 is 6.18 Å². The molecule has 2 nitrogen and oxygen atoms in total. The monoisotopic (exact) mass is 251 g/mol. The molecule has 0 aliphatic carbocycles. The summed E-state index contributed by atoms with van der Waals surface area (Å²) in [4.78, 5) is 0. The van der Waals surface area contributed by atoms with E-state index in [1.54, 1.807) is 0 Å². The molecule has 0 amide bonds. The Morgan fingerprint density at radius 3 is 2.35 bits per heavy atom. The molecule has 3 N–H and O–H groups in total. The third-order valence-corrected chi connectivity index (χ3v) is 2.48. The third-order valence-electron chi connectivity index (χ3n) is 2.48. The van der Waals surface area contributed by atoms with Crippen LogP contribution in [0.4, 0.5) is 17.6 Å². The quantitative estimate of drug-likeness (QED) is 0.806. The SMILES string of the molecule is NCC(CCO)c1cc(F)cc(C(F)(F)F)c1. The molecule has 0 heterocycles. The van der Waals surface area contributed by atoms with Crippen molar-refractivity contribution in [1.29, 1.82) is 0 Å². The van der Waals surface area contributed by atoms with Crippen molar-refractivity contribution in [3.8, 4) is 0 Å². The van der Waals surface area contributed by atoms with Crippen molar-refractivity contribution in [2.45, 2.75) is 18.5 Å². The van der Waals surface area contributed by atoms with Crippen LogP contribution in [0.5, 0.6) is 0 Å². The fourth-order valence-electron chi connectivity index (χ4n) is 1.59. The predicted molar refractivity (Wildman–Crippen MR) is 54.9 cm³/mol. The Morgan fingerprint density at radius 1 is 1.24 bits per heavy atom. The Morgan fingerprint density at radius 2 is 1.88 bits per heavy atom. The minimum Gasteiger partial charge on any atom is -0.396 e. The van der Waals surface area contributed by atoms with Gasteiger partial charge in [-0.05, 0) is 42.6 Å². The van der Waals surface area contributed by atoms with E-state index in [0.29, 0.717) is 6.07 Å². The van der Waals surface area contributed by atoms with E-state index in [0.717, 1.165) is 12.1 Å². The number of aliphatic hydroxyl groups is 1. The van der Waals surface area contributed by atoms with E-state index in [-0.39, 0.29) is 25.1 Å². The molecule has 0 spiro atoms. The molecule has 0 saturated heterocycles. The first-order valence-electron chi connectivity index (χ1n) is 5.07. The highest BCUT2D eigenvalue weighted by molar-refractivity contribution is 5.29. The van der Waals surface area contributed by atoms with E-state index >= 15 is 0 Å². The first-order chi connectivity index (χ1) is 7.88. The van der Waals surface area contributed by atoms with E-state index in [1.165, 1.54) is 0 Å². The van der Waals surface area contributed by atoms with E-state index in [9.17, 15) is 17.6 Å². The van der Waals surface area contributed by atoms with Crippen molar-refractivity contribution in [3.63, 3.8) is 0 Å². The Hall–Kier alpha value is -1.14. The zero-order chi connectivity index (χ0) is 13.1. The summed E-state index contributed by atoms with van der Waals surface area (Å²) < 4.78 is 50.5. The second-order valence-corrected chi connectivity index (χ2v) is 3.72. The van der Waals surface area contributed by atoms with Crippen LogP contribution < -0.4 is 5.73 Å². The van der Waals surface area contributed by atoms with Crippen molar-refractivity contribution < 1.29 is 22.7 Å². The van der Waals surface area contributed by atoms with E-state index in [2.05, 4.69) is 0 Å². The lowest BCUT2D eigenvalue weighted by molar-refractivity contribution is -0.137. The molecule has 6 heteroatoms. The second kappa shape index (κ2) is 5.46. The summed E-state index contributed by atoms with van der Waals surface area (Å²) in [6.07, 6.45) is -4.38. The lowest BCUT2D eigenvalue weighted by Gasteiger charge is -2.16. The highest BCUT2D eigenvalue weighted by atomic mass is 19.4. The van der Waals surface area contributed by atoms with Gasteiger partial charge in [0.05, 0.1) is 5.56 Å². The number of halogens is 4. The van der Waals surface area contributed by atoms with E-state index in [4.69, 9.17) is 10.8 Å². The maximum absolute atomic E-state index is 13.1. The van der Waals surface area contributed by atoms with Crippen molar-refractivity contribution in [3.05, 3.63) is 35.1 Å². The number of benzene rings is 1. The van der Waals surface area contributed by atoms with Crippen LogP contribution in [0.3, 0.4) is 0 Å². The Kier molecular flexibility index (Phi) is 4.47. The summed E-state index contributed by atoms with van der Waals surface area (Å²) in [7, 11) is 0. The molecule has 0 bridgehead atoms. The van der Waals surface area contributed by atoms with Gasteiger partial charge in [0, 0.05) is 6.61 Å². The second-order valence-electron chi connectivity index (χ2n) is 3.72. The summed E-state index contributed by atoms with van der Waals surface area (Å²) in [6, 6.07) is 2.33. The number of nitrogens with two attached hydrogens (primary N) is 1. The molecule has 0 aliphatic heterocycles. The number of alkyl halides is 3. The molecule has 0 fully saturated rings. The first-order valence-corrected chi connectivity index (χ1v) is 5.07. The Balaban J connectivity index is 3.12. The summed E-state index contributed by atoms with van der Waals surface area (Å²) in [5.74, 6) is -1.43. The number of hydrogen-bond donors (Lipinski definition) is 2. The van der Waals surface area contributed by atoms with Crippen LogP contribution in [0.2, 0.25) is 0 Å². The maximum Gasteiger partial charge on any atom is 0.416 e. The molecule has 1 aromatic carbocycles. The predicted octanol–water partition coefficient (Wildman–Crippen LogP) is 2.27. The van der Waals surface area contributed by atoms with Crippen LogP contribution in [0.1, 0.15) is 23.5 Å². The van der Waals surface area contributed by atoms with Gasteiger partial charge in [-0.2, -0.15) is 13.2 Å². The van der Waals surface area contributed by atoms with Gasteiger partial charge in [-0.25, -0.2) is 4.39 Å². The molecular formula is C11H13F4NO. The standard InChI is InChI=1S/C11H13F4NO/c12-10-4-8(7(6-16)1-2-17)3-9(5-10)11(13,14)15/h3-5,7,17H,1-2,6,16H2. The van der Waals surface area contributed by atoms with Gasteiger partial charge < -0.3 is 10.8 Å². The van der Waals surface area contributed by atoms with Gasteiger partial charge in [-0.3, -0.25) is 0 Å². The van der Waals surface area contributed by atoms with Crippen LogP contribution in [0.25, 0.3) is 0 Å². The summed E-state index contributed by atoms with van der Waals surface area (Å²) in [5, 5.41) is 8.76. The van der Waals surface area contributed by atoms with Crippen LogP contribution in [0, 0.1) is 5.82 Å². The third kappa shape index (κ3) is 3.67. The van der Waals surface area contributed by atoms with E-state index < -0.39 is 23.5 Å². The number of aliphatic hydroxyl groups excluding tert-OH is 1. The molecule has 0 radical (unpaired) electrons. The van der Waals surface area contributed by atoms with Crippen LogP contribution in [-0.4, -0.2) is 18.3 Å². The average molecular weight is 251 g/mol. The molecule has 1 aromatic rings. The van der Waals surface area contributed by atoms with E-state index in [1.807, 2.05) is 0 Å². The zero-order valence-electron chi connectivity index (χ0n) is 8.97. The highest BCUT2D eigenvalue weighted by Gasteiger charge is 2.31. The Labute approximate surface area is 96.1 Å². The molecule has 0 aliphatic rings. The molecule has 1 atom stereocenters. The smallest absolute Gasteiger partial charge is 0.396 e. The molecule has 0 aromatic heterocycles. The minimum atomic E-state index is -4.59. The average Bonchev–Trinajstić information content (AvgIpc) is 2.23. The largest absolute Gasteiger partial charge is 0.416 e. The molecule has 0 saturated carbocycles. The number of rotatable bonds is 4. The summed E-state index contributed by atoms with van der Waals surface area (Å²) >= 11 is 0. The normalized spacial score (nSPS) is 13.8. The van der Waals surface area contributed by atoms with Crippen molar-refractivity contribution in [2.75, 3.05) is 13.2 Å². The fraction of sp³-hybridized carbons (Fsp3) is 0.455. The number of hydrogen-bond acceptors (Lipinski definition) is 2. The molecule has 1 rings (SSSR count). The summed E-state index contributed by atoms with van der Waals surface area (Å²) in [6.45, 7) is -0.152. The minimum absolute atomic E-state index is 0.0569. The van der Waals surface area contributed by atoms with Crippen molar-refractivity contribution >= 4 is 0 Å². The Bertz CT molecular complexity index is 378. The van der Waals surface area contributed by atoms with Gasteiger partial charge in [-0.1, -0.05) is 0 Å². The van der Waals surface area contributed by atoms with Gasteiger partial charge in [0.15, 0.2) is 0 Å². The van der Waals surface area contributed by atoms with Gasteiger partial charge in [0.25, 0.3) is 0 Å². The molecule has 1 unspecified atom stereocenters. The van der Waals surface area contributed by atoms with Gasteiger partial charge in [0.1, 0.15) is 5.82 Å². The maximum atomic E-state index is 13.1. The van der Waals surface area contributed by atoms with Crippen LogP contribution in [-0.2, 0) is 6.18 Å². The van der Waals surface area contributed by atoms with Gasteiger partial charge in [-0.15, -0.1) is 0 Å². The van der Waals surface area contributed by atoms with Gasteiger partial charge in [0.2, 0.25) is 0 Å². The fourth-order valence-corrected chi connectivity index (χ4v) is 1.59. The lowest BCUT2D eigenvalue weighted by atomic mass is 9.94.